The number of hydrogen-bond acceptors (Lipinski definition) is 5. The molecule has 0 aliphatic heterocycles. The third kappa shape index (κ3) is 5.84. The quantitative estimate of drug-likeness (QED) is 0.240. The summed E-state index contributed by atoms with van der Waals surface area (Å²) in [7, 11) is -7.07. The molecule has 0 N–H and O–H groups in total. The van der Waals surface area contributed by atoms with E-state index in [1.807, 2.05) is 24.3 Å². The maximum atomic E-state index is 13.2. The zero-order valence-corrected chi connectivity index (χ0v) is 23.8. The molecule has 7 heteroatoms. The zero-order valence-electron chi connectivity index (χ0n) is 22.2. The first-order valence-corrected chi connectivity index (χ1v) is 15.4. The van der Waals surface area contributed by atoms with Gasteiger partial charge in [-0.05, 0) is 96.6 Å². The fourth-order valence-corrected chi connectivity index (χ4v) is 6.24. The van der Waals surface area contributed by atoms with Gasteiger partial charge in [-0.15, -0.1) is 0 Å². The Balaban J connectivity index is 1.49. The van der Waals surface area contributed by atoms with Crippen LogP contribution in [0.5, 0.6) is 11.5 Å². The summed E-state index contributed by atoms with van der Waals surface area (Å²) < 4.78 is 57.0. The molecule has 0 spiro atoms. The molecule has 4 aromatic rings. The molecule has 4 rings (SSSR count). The van der Waals surface area contributed by atoms with Crippen LogP contribution in [0, 0.1) is 0 Å². The van der Waals surface area contributed by atoms with Gasteiger partial charge in [-0.2, -0.15) is 0 Å². The van der Waals surface area contributed by atoms with E-state index in [4.69, 9.17) is 4.74 Å². The summed E-state index contributed by atoms with van der Waals surface area (Å²) in [6.45, 7) is 9.74. The fourth-order valence-electron chi connectivity index (χ4n) is 3.92. The van der Waals surface area contributed by atoms with Crippen molar-refractivity contribution in [2.75, 3.05) is 0 Å². The molecule has 0 fully saturated rings. The first-order chi connectivity index (χ1) is 17.8. The van der Waals surface area contributed by atoms with Gasteiger partial charge in [0, 0.05) is 0 Å². The lowest BCUT2D eigenvalue weighted by Crippen LogP contribution is -2.13. The smallest absolute Gasteiger partial charge is 0.206 e. The lowest BCUT2D eigenvalue weighted by molar-refractivity contribution is 0.481. The third-order valence-electron chi connectivity index (χ3n) is 6.39. The molecule has 38 heavy (non-hydrogen) atoms. The van der Waals surface area contributed by atoms with Gasteiger partial charge >= 0.3 is 0 Å². The molecule has 0 aliphatic carbocycles. The molecule has 4 aromatic carbocycles. The number of benzene rings is 4. The Hall–Kier alpha value is -3.42. The molecule has 0 bridgehead atoms. The van der Waals surface area contributed by atoms with E-state index in [0.717, 1.165) is 11.1 Å². The van der Waals surface area contributed by atoms with Crippen molar-refractivity contribution in [1.82, 2.24) is 0 Å². The van der Waals surface area contributed by atoms with Gasteiger partial charge in [-0.3, -0.25) is 0 Å². The van der Waals surface area contributed by atoms with Crippen molar-refractivity contribution in [2.24, 2.45) is 0 Å². The van der Waals surface area contributed by atoms with Crippen LogP contribution in [0.25, 0.3) is 11.1 Å². The van der Waals surface area contributed by atoms with Crippen molar-refractivity contribution in [3.63, 3.8) is 0 Å². The minimum Gasteiger partial charge on any atom is -0.457 e. The van der Waals surface area contributed by atoms with Gasteiger partial charge in [0.25, 0.3) is 0 Å². The van der Waals surface area contributed by atoms with Crippen LogP contribution in [-0.4, -0.2) is 22.1 Å². The lowest BCUT2D eigenvalue weighted by atomic mass is 9.87. The van der Waals surface area contributed by atoms with Gasteiger partial charge in [0.15, 0.2) is 9.84 Å². The van der Waals surface area contributed by atoms with Crippen LogP contribution in [0.15, 0.2) is 112 Å². The first kappa shape index (κ1) is 27.6. The van der Waals surface area contributed by atoms with Crippen LogP contribution in [0.2, 0.25) is 0 Å². The molecule has 0 saturated heterocycles. The molecular weight excluding hydrogens is 516 g/mol. The number of rotatable bonds is 7. The van der Waals surface area contributed by atoms with Gasteiger partial charge in [0.2, 0.25) is 9.84 Å². The van der Waals surface area contributed by atoms with E-state index in [1.54, 1.807) is 74.5 Å². The Labute approximate surface area is 226 Å². The summed E-state index contributed by atoms with van der Waals surface area (Å²) in [5, 5.41) is -0.501. The Morgan fingerprint density at radius 1 is 0.553 bits per heavy atom. The van der Waals surface area contributed by atoms with Gasteiger partial charge in [0.1, 0.15) is 11.5 Å². The number of sulfone groups is 2. The van der Waals surface area contributed by atoms with Gasteiger partial charge in [0.05, 0.1) is 19.9 Å². The minimum absolute atomic E-state index is 0.0496. The standard InChI is InChI=1S/C31H32O5S2/c1-22(2)37(32,33)28-16-6-23(7-17-28)24-8-18-29(19-9-24)38(34,35)30-20-14-27(15-21-30)36-26-12-10-25(11-13-26)31(3,4)5/h6-22H,1-5H3. The summed E-state index contributed by atoms with van der Waals surface area (Å²) in [6, 6.07) is 27.4. The van der Waals surface area contributed by atoms with E-state index in [0.29, 0.717) is 11.5 Å². The number of ether oxygens (including phenoxy) is 1. The molecule has 0 heterocycles. The highest BCUT2D eigenvalue weighted by atomic mass is 32.2. The first-order valence-electron chi connectivity index (χ1n) is 12.4. The Morgan fingerprint density at radius 2 is 0.921 bits per heavy atom. The predicted octanol–water partition coefficient (Wildman–Crippen LogP) is 7.46. The highest BCUT2D eigenvalue weighted by Gasteiger charge is 2.20. The number of hydrogen-bond donors (Lipinski definition) is 0. The Bertz CT molecular complexity index is 1610. The molecule has 0 aliphatic rings. The third-order valence-corrected chi connectivity index (χ3v) is 10.3. The summed E-state index contributed by atoms with van der Waals surface area (Å²) in [6.07, 6.45) is 0. The molecule has 198 valence electrons. The molecule has 0 amide bonds. The molecule has 0 unspecified atom stereocenters. The second-order valence-electron chi connectivity index (χ2n) is 10.5. The summed E-state index contributed by atoms with van der Waals surface area (Å²) in [5.41, 5.74) is 2.84. The maximum Gasteiger partial charge on any atom is 0.206 e. The van der Waals surface area contributed by atoms with Crippen LogP contribution < -0.4 is 4.74 Å². The minimum atomic E-state index is -3.72. The molecule has 5 nitrogen and oxygen atoms in total. The summed E-state index contributed by atoms with van der Waals surface area (Å²) in [4.78, 5) is 0.611. The van der Waals surface area contributed by atoms with Crippen molar-refractivity contribution in [2.45, 2.75) is 60.0 Å². The van der Waals surface area contributed by atoms with E-state index in [-0.39, 0.29) is 20.1 Å². The van der Waals surface area contributed by atoms with Crippen molar-refractivity contribution >= 4 is 19.7 Å². The van der Waals surface area contributed by atoms with Crippen molar-refractivity contribution < 1.29 is 21.6 Å². The largest absolute Gasteiger partial charge is 0.457 e. The molecule has 0 atom stereocenters. The predicted molar refractivity (Wildman–Crippen MR) is 151 cm³/mol. The van der Waals surface area contributed by atoms with Gasteiger partial charge < -0.3 is 4.74 Å². The monoisotopic (exact) mass is 548 g/mol. The van der Waals surface area contributed by atoms with Crippen molar-refractivity contribution in [3.8, 4) is 22.6 Å². The van der Waals surface area contributed by atoms with Crippen LogP contribution >= 0.6 is 0 Å². The van der Waals surface area contributed by atoms with Crippen LogP contribution in [-0.2, 0) is 25.1 Å². The average molecular weight is 549 g/mol. The Morgan fingerprint density at radius 3 is 1.32 bits per heavy atom. The van der Waals surface area contributed by atoms with Gasteiger partial charge in [-0.25, -0.2) is 16.8 Å². The highest BCUT2D eigenvalue weighted by Crippen LogP contribution is 2.30. The molecule has 0 aromatic heterocycles. The fraction of sp³-hybridized carbons (Fsp3) is 0.226. The zero-order chi connectivity index (χ0) is 27.7. The maximum absolute atomic E-state index is 13.2. The van der Waals surface area contributed by atoms with E-state index in [2.05, 4.69) is 20.8 Å². The van der Waals surface area contributed by atoms with E-state index in [1.165, 1.54) is 17.7 Å². The second kappa shape index (κ2) is 10.4. The van der Waals surface area contributed by atoms with Crippen LogP contribution in [0.1, 0.15) is 40.2 Å². The van der Waals surface area contributed by atoms with E-state index in [9.17, 15) is 16.8 Å². The molecular formula is C31H32O5S2. The summed E-state index contributed by atoms with van der Waals surface area (Å²) in [5.74, 6) is 1.23. The van der Waals surface area contributed by atoms with E-state index >= 15 is 0 Å². The lowest BCUT2D eigenvalue weighted by Gasteiger charge is -2.19. The normalized spacial score (nSPS) is 12.5. The van der Waals surface area contributed by atoms with Crippen LogP contribution in [0.3, 0.4) is 0 Å². The van der Waals surface area contributed by atoms with Gasteiger partial charge in [-0.1, -0.05) is 57.2 Å². The topological polar surface area (TPSA) is 77.5 Å². The SMILES string of the molecule is CC(C)S(=O)(=O)c1ccc(-c2ccc(S(=O)(=O)c3ccc(Oc4ccc(C(C)(C)C)cc4)cc3)cc2)cc1. The average Bonchev–Trinajstić information content (AvgIpc) is 2.89. The second-order valence-corrected chi connectivity index (χ2v) is 14.9. The van der Waals surface area contributed by atoms with Crippen LogP contribution in [0.4, 0.5) is 0 Å². The van der Waals surface area contributed by atoms with Crippen molar-refractivity contribution in [1.29, 1.82) is 0 Å². The summed E-state index contributed by atoms with van der Waals surface area (Å²) >= 11 is 0. The highest BCUT2D eigenvalue weighted by molar-refractivity contribution is 7.92. The van der Waals surface area contributed by atoms with Crippen molar-refractivity contribution in [3.05, 3.63) is 103 Å². The van der Waals surface area contributed by atoms with E-state index < -0.39 is 24.9 Å². The molecule has 0 saturated carbocycles. The molecule has 0 radical (unpaired) electrons. The Kier molecular flexibility index (Phi) is 7.55.